The van der Waals surface area contributed by atoms with E-state index in [1.807, 2.05) is 48.5 Å². The van der Waals surface area contributed by atoms with Gasteiger partial charge >= 0.3 is 5.97 Å². The van der Waals surface area contributed by atoms with Crippen molar-refractivity contribution in [3.05, 3.63) is 67.3 Å². The summed E-state index contributed by atoms with van der Waals surface area (Å²) in [6.07, 6.45) is 10.5. The fraction of sp³-hybridized carbons (Fsp3) is 0.348. The number of ether oxygens (including phenoxy) is 1. The van der Waals surface area contributed by atoms with Gasteiger partial charge in [-0.2, -0.15) is 0 Å². The quantitative estimate of drug-likeness (QED) is 0.201. The summed E-state index contributed by atoms with van der Waals surface area (Å²) in [7, 11) is 0. The largest absolute Gasteiger partial charge is 0.427 e. The van der Waals surface area contributed by atoms with Gasteiger partial charge in [0.2, 0.25) is 0 Å². The molecule has 0 bridgehead atoms. The molecular weight excluding hydrogens is 308 g/mol. The maximum Gasteiger partial charge on any atom is 0.311 e. The van der Waals surface area contributed by atoms with E-state index in [1.165, 1.54) is 25.7 Å². The fourth-order valence-corrected chi connectivity index (χ4v) is 2.79. The minimum Gasteiger partial charge on any atom is -0.427 e. The van der Waals surface area contributed by atoms with Gasteiger partial charge in [-0.15, -0.1) is 6.58 Å². The number of unbranched alkanes of at least 4 members (excludes halogenated alkanes) is 6. The third kappa shape index (κ3) is 7.38. The van der Waals surface area contributed by atoms with E-state index in [-0.39, 0.29) is 5.97 Å². The minimum absolute atomic E-state index is 0.140. The molecule has 0 spiro atoms. The van der Waals surface area contributed by atoms with Crippen LogP contribution in [0.5, 0.6) is 5.75 Å². The Bertz CT molecular complexity index is 629. The predicted molar refractivity (Wildman–Crippen MR) is 105 cm³/mol. The van der Waals surface area contributed by atoms with Crippen LogP contribution in [0.2, 0.25) is 0 Å². The Kier molecular flexibility index (Phi) is 8.54. The SMILES string of the molecule is C=CCCCCCCCCC(=O)Oc1ccc(-c2ccccc2)cc1. The highest BCUT2D eigenvalue weighted by atomic mass is 16.5. The van der Waals surface area contributed by atoms with Crippen molar-refractivity contribution in [2.45, 2.75) is 51.4 Å². The molecule has 0 aliphatic rings. The van der Waals surface area contributed by atoms with Gasteiger partial charge in [0.15, 0.2) is 0 Å². The van der Waals surface area contributed by atoms with Crippen molar-refractivity contribution in [3.8, 4) is 16.9 Å². The van der Waals surface area contributed by atoms with E-state index in [0.717, 1.165) is 30.4 Å². The lowest BCUT2D eigenvalue weighted by Gasteiger charge is -2.06. The number of carbonyl (C=O) groups excluding carboxylic acids is 1. The summed E-state index contributed by atoms with van der Waals surface area (Å²) in [6.45, 7) is 3.73. The van der Waals surface area contributed by atoms with Crippen LogP contribution in [-0.2, 0) is 4.79 Å². The summed E-state index contributed by atoms with van der Waals surface area (Å²) in [6, 6.07) is 17.9. The maximum absolute atomic E-state index is 11.9. The normalized spacial score (nSPS) is 10.4. The van der Waals surface area contributed by atoms with Gasteiger partial charge in [0.25, 0.3) is 0 Å². The molecule has 0 N–H and O–H groups in total. The predicted octanol–water partition coefficient (Wildman–Crippen LogP) is 6.57. The monoisotopic (exact) mass is 336 g/mol. The Morgan fingerprint density at radius 2 is 1.40 bits per heavy atom. The van der Waals surface area contributed by atoms with Crippen LogP contribution in [0.25, 0.3) is 11.1 Å². The van der Waals surface area contributed by atoms with Crippen molar-refractivity contribution in [1.82, 2.24) is 0 Å². The number of allylic oxidation sites excluding steroid dienone is 1. The van der Waals surface area contributed by atoms with Gasteiger partial charge in [0.05, 0.1) is 0 Å². The van der Waals surface area contributed by atoms with Gasteiger partial charge in [-0.25, -0.2) is 0 Å². The van der Waals surface area contributed by atoms with E-state index in [1.54, 1.807) is 0 Å². The molecule has 0 heterocycles. The third-order valence-corrected chi connectivity index (χ3v) is 4.23. The summed E-state index contributed by atoms with van der Waals surface area (Å²) < 4.78 is 5.41. The smallest absolute Gasteiger partial charge is 0.311 e. The molecule has 132 valence electrons. The molecular formula is C23H28O2. The molecule has 2 nitrogen and oxygen atoms in total. The van der Waals surface area contributed by atoms with E-state index >= 15 is 0 Å². The number of benzene rings is 2. The molecule has 0 atom stereocenters. The van der Waals surface area contributed by atoms with Crippen molar-refractivity contribution in [1.29, 1.82) is 0 Å². The van der Waals surface area contributed by atoms with Crippen LogP contribution in [0.4, 0.5) is 0 Å². The molecule has 0 saturated carbocycles. The Balaban J connectivity index is 1.64. The molecule has 0 radical (unpaired) electrons. The summed E-state index contributed by atoms with van der Waals surface area (Å²) in [5.74, 6) is 0.480. The first-order valence-electron chi connectivity index (χ1n) is 9.26. The van der Waals surface area contributed by atoms with Crippen LogP contribution in [0.15, 0.2) is 67.3 Å². The van der Waals surface area contributed by atoms with Crippen LogP contribution >= 0.6 is 0 Å². The zero-order chi connectivity index (χ0) is 17.7. The Morgan fingerprint density at radius 3 is 2.08 bits per heavy atom. The van der Waals surface area contributed by atoms with Crippen molar-refractivity contribution in [2.75, 3.05) is 0 Å². The van der Waals surface area contributed by atoms with Crippen LogP contribution in [-0.4, -0.2) is 5.97 Å². The van der Waals surface area contributed by atoms with Crippen LogP contribution in [0.1, 0.15) is 51.4 Å². The van der Waals surface area contributed by atoms with E-state index in [2.05, 4.69) is 18.7 Å². The molecule has 0 unspecified atom stereocenters. The molecule has 0 aromatic heterocycles. The second-order valence-corrected chi connectivity index (χ2v) is 6.31. The van der Waals surface area contributed by atoms with Crippen molar-refractivity contribution >= 4 is 5.97 Å². The van der Waals surface area contributed by atoms with Crippen LogP contribution in [0, 0.1) is 0 Å². The molecule has 2 heteroatoms. The molecule has 0 amide bonds. The maximum atomic E-state index is 11.9. The van der Waals surface area contributed by atoms with Crippen LogP contribution in [0.3, 0.4) is 0 Å². The molecule has 0 fully saturated rings. The third-order valence-electron chi connectivity index (χ3n) is 4.23. The molecule has 25 heavy (non-hydrogen) atoms. The highest BCUT2D eigenvalue weighted by molar-refractivity contribution is 5.73. The number of hydrogen-bond donors (Lipinski definition) is 0. The molecule has 2 aromatic carbocycles. The van der Waals surface area contributed by atoms with Crippen LogP contribution < -0.4 is 4.74 Å². The van der Waals surface area contributed by atoms with E-state index in [0.29, 0.717) is 12.2 Å². The van der Waals surface area contributed by atoms with Crippen molar-refractivity contribution in [2.24, 2.45) is 0 Å². The zero-order valence-electron chi connectivity index (χ0n) is 15.0. The molecule has 0 aliphatic carbocycles. The average molecular weight is 336 g/mol. The summed E-state index contributed by atoms with van der Waals surface area (Å²) in [4.78, 5) is 11.9. The molecule has 0 aliphatic heterocycles. The summed E-state index contributed by atoms with van der Waals surface area (Å²) in [5.41, 5.74) is 2.28. The molecule has 2 rings (SSSR count). The van der Waals surface area contributed by atoms with Gasteiger partial charge in [-0.1, -0.05) is 74.2 Å². The lowest BCUT2D eigenvalue weighted by Crippen LogP contribution is -2.07. The highest BCUT2D eigenvalue weighted by Gasteiger charge is 2.05. The fourth-order valence-electron chi connectivity index (χ4n) is 2.79. The van der Waals surface area contributed by atoms with E-state index in [9.17, 15) is 4.79 Å². The number of rotatable bonds is 11. The van der Waals surface area contributed by atoms with E-state index < -0.39 is 0 Å². The first-order chi connectivity index (χ1) is 12.3. The van der Waals surface area contributed by atoms with Gasteiger partial charge < -0.3 is 4.74 Å². The summed E-state index contributed by atoms with van der Waals surface area (Å²) >= 11 is 0. The van der Waals surface area contributed by atoms with E-state index in [4.69, 9.17) is 4.74 Å². The Labute approximate surface area is 151 Å². The Hall–Kier alpha value is -2.35. The topological polar surface area (TPSA) is 26.3 Å². The molecule has 2 aromatic rings. The lowest BCUT2D eigenvalue weighted by atomic mass is 10.1. The first-order valence-corrected chi connectivity index (χ1v) is 9.26. The summed E-state index contributed by atoms with van der Waals surface area (Å²) in [5, 5.41) is 0. The zero-order valence-corrected chi connectivity index (χ0v) is 15.0. The van der Waals surface area contributed by atoms with Gasteiger partial charge in [-0.05, 0) is 42.5 Å². The first kappa shape index (κ1) is 19.0. The van der Waals surface area contributed by atoms with Crippen molar-refractivity contribution in [3.63, 3.8) is 0 Å². The lowest BCUT2D eigenvalue weighted by molar-refractivity contribution is -0.134. The standard InChI is InChI=1S/C23H28O2/c1-2-3-4-5-6-7-8-12-15-23(24)25-22-18-16-21(17-19-22)20-13-10-9-11-14-20/h2,9-11,13-14,16-19H,1,3-8,12,15H2. The Morgan fingerprint density at radius 1 is 0.800 bits per heavy atom. The minimum atomic E-state index is -0.140. The second-order valence-electron chi connectivity index (χ2n) is 6.31. The number of hydrogen-bond acceptors (Lipinski definition) is 2. The number of esters is 1. The van der Waals surface area contributed by atoms with Gasteiger partial charge in [0.1, 0.15) is 5.75 Å². The second kappa shape index (κ2) is 11.2. The number of carbonyl (C=O) groups is 1. The van der Waals surface area contributed by atoms with Gasteiger partial charge in [0, 0.05) is 6.42 Å². The molecule has 0 saturated heterocycles. The highest BCUT2D eigenvalue weighted by Crippen LogP contribution is 2.22. The van der Waals surface area contributed by atoms with Crippen molar-refractivity contribution < 1.29 is 9.53 Å². The average Bonchev–Trinajstić information content (AvgIpc) is 2.65. The van der Waals surface area contributed by atoms with Gasteiger partial charge in [-0.3, -0.25) is 4.79 Å².